The fraction of sp³-hybridized carbons (Fsp3) is 0.150. The lowest BCUT2D eigenvalue weighted by molar-refractivity contribution is -0.137. The first-order valence-corrected chi connectivity index (χ1v) is 8.00. The van der Waals surface area contributed by atoms with Crippen molar-refractivity contribution >= 4 is 11.9 Å². The van der Waals surface area contributed by atoms with E-state index in [2.05, 4.69) is 4.99 Å². The standard InChI is InChI=1S/C20H16F3NO2/c1-2-25-17-8-6-16(7-9-17)24-13-18-10-11-19(26-18)14-4-3-5-15(12-14)20(21,22)23/h3-13H,2H2,1H3. The van der Waals surface area contributed by atoms with Gasteiger partial charge in [-0.3, -0.25) is 4.99 Å². The highest BCUT2D eigenvalue weighted by atomic mass is 19.4. The Hall–Kier alpha value is -3.02. The Labute approximate surface area is 148 Å². The van der Waals surface area contributed by atoms with Gasteiger partial charge in [-0.25, -0.2) is 0 Å². The monoisotopic (exact) mass is 359 g/mol. The molecule has 1 aromatic heterocycles. The summed E-state index contributed by atoms with van der Waals surface area (Å²) >= 11 is 0. The van der Waals surface area contributed by atoms with Crippen molar-refractivity contribution in [1.29, 1.82) is 0 Å². The van der Waals surface area contributed by atoms with E-state index in [1.165, 1.54) is 12.3 Å². The summed E-state index contributed by atoms with van der Waals surface area (Å²) in [4.78, 5) is 4.29. The molecule has 0 saturated carbocycles. The van der Waals surface area contributed by atoms with Gasteiger partial charge in [0.05, 0.1) is 24.1 Å². The number of hydrogen-bond donors (Lipinski definition) is 0. The minimum Gasteiger partial charge on any atom is -0.494 e. The van der Waals surface area contributed by atoms with Crippen molar-refractivity contribution in [1.82, 2.24) is 0 Å². The summed E-state index contributed by atoms with van der Waals surface area (Å²) in [6.45, 7) is 2.50. The topological polar surface area (TPSA) is 34.7 Å². The quantitative estimate of drug-likeness (QED) is 0.515. The van der Waals surface area contributed by atoms with Crippen LogP contribution in [-0.4, -0.2) is 12.8 Å². The largest absolute Gasteiger partial charge is 0.494 e. The first kappa shape index (κ1) is 17.8. The molecule has 0 aliphatic carbocycles. The highest BCUT2D eigenvalue weighted by molar-refractivity contribution is 5.80. The summed E-state index contributed by atoms with van der Waals surface area (Å²) in [5.41, 5.74) is 0.363. The molecule has 0 aliphatic heterocycles. The Balaban J connectivity index is 1.75. The smallest absolute Gasteiger partial charge is 0.416 e. The second-order valence-corrected chi connectivity index (χ2v) is 5.47. The molecule has 3 rings (SSSR count). The number of halogens is 3. The second kappa shape index (κ2) is 7.47. The normalized spacial score (nSPS) is 11.8. The Morgan fingerprint density at radius 2 is 1.81 bits per heavy atom. The summed E-state index contributed by atoms with van der Waals surface area (Å²) < 4.78 is 49.4. The average Bonchev–Trinajstić information content (AvgIpc) is 3.10. The SMILES string of the molecule is CCOc1ccc(N=Cc2ccc(-c3cccc(C(F)(F)F)c3)o2)cc1. The Kier molecular flexibility index (Phi) is 5.11. The highest BCUT2D eigenvalue weighted by Crippen LogP contribution is 2.32. The molecular weight excluding hydrogens is 343 g/mol. The maximum Gasteiger partial charge on any atom is 0.416 e. The first-order chi connectivity index (χ1) is 12.5. The molecule has 0 fully saturated rings. The fourth-order valence-corrected chi connectivity index (χ4v) is 2.36. The van der Waals surface area contributed by atoms with Gasteiger partial charge in [-0.1, -0.05) is 12.1 Å². The van der Waals surface area contributed by atoms with E-state index < -0.39 is 11.7 Å². The highest BCUT2D eigenvalue weighted by Gasteiger charge is 2.30. The van der Waals surface area contributed by atoms with Crippen LogP contribution in [-0.2, 0) is 6.18 Å². The predicted octanol–water partition coefficient (Wildman–Crippen LogP) is 6.11. The summed E-state index contributed by atoms with van der Waals surface area (Å²) in [7, 11) is 0. The molecule has 0 N–H and O–H groups in total. The Morgan fingerprint density at radius 1 is 1.04 bits per heavy atom. The van der Waals surface area contributed by atoms with Gasteiger partial charge in [-0.2, -0.15) is 13.2 Å². The van der Waals surface area contributed by atoms with Gasteiger partial charge in [0.2, 0.25) is 0 Å². The van der Waals surface area contributed by atoms with Gasteiger partial charge in [-0.15, -0.1) is 0 Å². The second-order valence-electron chi connectivity index (χ2n) is 5.47. The molecule has 2 aromatic carbocycles. The zero-order valence-electron chi connectivity index (χ0n) is 14.0. The van der Waals surface area contributed by atoms with Crippen LogP contribution in [0.1, 0.15) is 18.2 Å². The number of alkyl halides is 3. The molecule has 1 heterocycles. The molecule has 0 unspecified atom stereocenters. The lowest BCUT2D eigenvalue weighted by Gasteiger charge is -2.07. The van der Waals surface area contributed by atoms with Crippen LogP contribution in [0, 0.1) is 0 Å². The van der Waals surface area contributed by atoms with Crippen LogP contribution in [0.3, 0.4) is 0 Å². The molecule has 26 heavy (non-hydrogen) atoms. The molecule has 0 radical (unpaired) electrons. The fourth-order valence-electron chi connectivity index (χ4n) is 2.36. The lowest BCUT2D eigenvalue weighted by Crippen LogP contribution is -2.04. The van der Waals surface area contributed by atoms with E-state index in [1.54, 1.807) is 30.3 Å². The summed E-state index contributed by atoms with van der Waals surface area (Å²) in [5, 5.41) is 0. The van der Waals surface area contributed by atoms with Gasteiger partial charge in [0.15, 0.2) is 0 Å². The van der Waals surface area contributed by atoms with E-state index in [9.17, 15) is 13.2 Å². The molecule has 3 nitrogen and oxygen atoms in total. The van der Waals surface area contributed by atoms with E-state index in [1.807, 2.05) is 19.1 Å². The zero-order valence-corrected chi connectivity index (χ0v) is 14.0. The van der Waals surface area contributed by atoms with Gasteiger partial charge in [-0.05, 0) is 55.5 Å². The maximum absolute atomic E-state index is 12.8. The van der Waals surface area contributed by atoms with E-state index in [-0.39, 0.29) is 0 Å². The Morgan fingerprint density at radius 3 is 2.50 bits per heavy atom. The van der Waals surface area contributed by atoms with Crippen molar-refractivity contribution in [3.05, 3.63) is 72.0 Å². The molecule has 0 atom stereocenters. The van der Waals surface area contributed by atoms with Crippen molar-refractivity contribution in [2.45, 2.75) is 13.1 Å². The van der Waals surface area contributed by atoms with Gasteiger partial charge < -0.3 is 9.15 Å². The van der Waals surface area contributed by atoms with Crippen molar-refractivity contribution < 1.29 is 22.3 Å². The zero-order chi connectivity index (χ0) is 18.6. The molecule has 0 aliphatic rings. The minimum absolute atomic E-state index is 0.351. The number of benzene rings is 2. The van der Waals surface area contributed by atoms with Crippen molar-refractivity contribution in [2.24, 2.45) is 4.99 Å². The van der Waals surface area contributed by atoms with E-state index in [0.717, 1.165) is 17.9 Å². The van der Waals surface area contributed by atoms with Gasteiger partial charge in [0.25, 0.3) is 0 Å². The van der Waals surface area contributed by atoms with Gasteiger partial charge >= 0.3 is 6.18 Å². The average molecular weight is 359 g/mol. The van der Waals surface area contributed by atoms with Gasteiger partial charge in [0, 0.05) is 5.56 Å². The third-order valence-corrected chi connectivity index (χ3v) is 3.59. The molecule has 0 saturated heterocycles. The molecule has 6 heteroatoms. The number of rotatable bonds is 5. The van der Waals surface area contributed by atoms with E-state index in [0.29, 0.717) is 29.4 Å². The molecule has 0 spiro atoms. The molecular formula is C20H16F3NO2. The van der Waals surface area contributed by atoms with Crippen LogP contribution in [0.25, 0.3) is 11.3 Å². The summed E-state index contributed by atoms with van der Waals surface area (Å²) in [6.07, 6.45) is -2.87. The Bertz CT molecular complexity index is 896. The molecule has 0 amide bonds. The predicted molar refractivity (Wildman–Crippen MR) is 94.0 cm³/mol. The van der Waals surface area contributed by atoms with Crippen LogP contribution < -0.4 is 4.74 Å². The first-order valence-electron chi connectivity index (χ1n) is 8.00. The lowest BCUT2D eigenvalue weighted by atomic mass is 10.1. The third kappa shape index (κ3) is 4.33. The molecule has 3 aromatic rings. The number of hydrogen-bond acceptors (Lipinski definition) is 3. The van der Waals surface area contributed by atoms with Crippen LogP contribution in [0.4, 0.5) is 18.9 Å². The summed E-state index contributed by atoms with van der Waals surface area (Å²) in [5.74, 6) is 1.56. The van der Waals surface area contributed by atoms with Crippen molar-refractivity contribution in [2.75, 3.05) is 6.61 Å². The van der Waals surface area contributed by atoms with E-state index in [4.69, 9.17) is 9.15 Å². The number of nitrogens with zero attached hydrogens (tertiary/aromatic N) is 1. The van der Waals surface area contributed by atoms with Crippen molar-refractivity contribution in [3.63, 3.8) is 0 Å². The maximum atomic E-state index is 12.8. The van der Waals surface area contributed by atoms with Crippen molar-refractivity contribution in [3.8, 4) is 17.1 Å². The number of aliphatic imine (C=N–C) groups is 1. The third-order valence-electron chi connectivity index (χ3n) is 3.59. The minimum atomic E-state index is -4.39. The van der Waals surface area contributed by atoms with Crippen LogP contribution >= 0.6 is 0 Å². The van der Waals surface area contributed by atoms with Crippen LogP contribution in [0.2, 0.25) is 0 Å². The number of ether oxygens (including phenoxy) is 1. The number of furan rings is 1. The van der Waals surface area contributed by atoms with Crippen LogP contribution in [0.15, 0.2) is 70.1 Å². The molecule has 134 valence electrons. The van der Waals surface area contributed by atoms with Crippen LogP contribution in [0.5, 0.6) is 5.75 Å². The van der Waals surface area contributed by atoms with Gasteiger partial charge in [0.1, 0.15) is 17.3 Å². The van der Waals surface area contributed by atoms with E-state index >= 15 is 0 Å². The summed E-state index contributed by atoms with van der Waals surface area (Å²) in [6, 6.07) is 15.5. The molecule has 0 bridgehead atoms.